The molecule has 2 aromatic heterocycles. The van der Waals surface area contributed by atoms with Crippen LogP contribution in [0.25, 0.3) is 11.0 Å². The van der Waals surface area contributed by atoms with Gasteiger partial charge < -0.3 is 14.8 Å². The summed E-state index contributed by atoms with van der Waals surface area (Å²) in [5, 5.41) is 5.16. The molecule has 1 N–H and O–H groups in total. The van der Waals surface area contributed by atoms with E-state index in [1.807, 2.05) is 39.1 Å². The van der Waals surface area contributed by atoms with Gasteiger partial charge in [0.25, 0.3) is 11.8 Å². The zero-order valence-corrected chi connectivity index (χ0v) is 18.7. The van der Waals surface area contributed by atoms with E-state index in [-0.39, 0.29) is 17.9 Å². The zero-order chi connectivity index (χ0) is 21.4. The highest BCUT2D eigenvalue weighted by Crippen LogP contribution is 2.28. The van der Waals surface area contributed by atoms with E-state index in [1.165, 1.54) is 19.3 Å². The van der Waals surface area contributed by atoms with Crippen LogP contribution in [0.1, 0.15) is 77.3 Å². The molecule has 2 amide bonds. The van der Waals surface area contributed by atoms with Crippen LogP contribution in [-0.4, -0.2) is 38.9 Å². The first kappa shape index (κ1) is 20.2. The number of fused-ring (bicyclic) bond motifs is 3. The largest absolute Gasteiger partial charge is 0.344 e. The topological polar surface area (TPSA) is 67.2 Å². The van der Waals surface area contributed by atoms with Gasteiger partial charge in [-0.25, -0.2) is 4.98 Å². The molecule has 31 heavy (non-hydrogen) atoms. The normalized spacial score (nSPS) is 18.2. The van der Waals surface area contributed by atoms with Crippen molar-refractivity contribution in [3.8, 4) is 0 Å². The summed E-state index contributed by atoms with van der Waals surface area (Å²) in [6.45, 7) is 3.57. The highest BCUT2D eigenvalue weighted by atomic mass is 32.1. The maximum Gasteiger partial charge on any atom is 0.290 e. The molecular weight excluding hydrogens is 408 g/mol. The molecule has 2 aliphatic rings. The smallest absolute Gasteiger partial charge is 0.290 e. The molecule has 7 heteroatoms. The van der Waals surface area contributed by atoms with Crippen molar-refractivity contribution in [2.45, 2.75) is 64.1 Å². The van der Waals surface area contributed by atoms with Crippen molar-refractivity contribution in [1.82, 2.24) is 19.8 Å². The van der Waals surface area contributed by atoms with Gasteiger partial charge in [-0.3, -0.25) is 9.59 Å². The highest BCUT2D eigenvalue weighted by molar-refractivity contribution is 7.10. The van der Waals surface area contributed by atoms with Crippen LogP contribution in [0.5, 0.6) is 0 Å². The van der Waals surface area contributed by atoms with Crippen LogP contribution in [-0.2, 0) is 6.54 Å². The molecule has 1 aliphatic heterocycles. The van der Waals surface area contributed by atoms with Crippen LogP contribution in [0.3, 0.4) is 0 Å². The van der Waals surface area contributed by atoms with E-state index < -0.39 is 0 Å². The van der Waals surface area contributed by atoms with Gasteiger partial charge in [0, 0.05) is 29.6 Å². The molecule has 162 valence electrons. The van der Waals surface area contributed by atoms with Crippen molar-refractivity contribution in [1.29, 1.82) is 0 Å². The van der Waals surface area contributed by atoms with Crippen molar-refractivity contribution in [3.05, 3.63) is 52.0 Å². The molecule has 0 bridgehead atoms. The molecule has 1 saturated carbocycles. The van der Waals surface area contributed by atoms with E-state index in [0.717, 1.165) is 42.7 Å². The summed E-state index contributed by atoms with van der Waals surface area (Å²) in [6, 6.07) is 9.99. The second kappa shape index (κ2) is 8.46. The van der Waals surface area contributed by atoms with Crippen molar-refractivity contribution in [2.24, 2.45) is 0 Å². The summed E-state index contributed by atoms with van der Waals surface area (Å²) in [7, 11) is 0. The van der Waals surface area contributed by atoms with Gasteiger partial charge in [-0.05, 0) is 48.9 Å². The number of thiophene rings is 1. The second-order valence-electron chi connectivity index (χ2n) is 8.53. The average molecular weight is 437 g/mol. The second-order valence-corrected chi connectivity index (χ2v) is 9.51. The molecule has 0 spiro atoms. The van der Waals surface area contributed by atoms with E-state index >= 15 is 0 Å². The number of benzene rings is 1. The molecule has 5 rings (SSSR count). The van der Waals surface area contributed by atoms with Gasteiger partial charge in [0.2, 0.25) is 0 Å². The average Bonchev–Trinajstić information content (AvgIpc) is 3.46. The Balaban J connectivity index is 1.39. The Hall–Kier alpha value is -2.67. The fraction of sp³-hybridized carbons (Fsp3) is 0.458. The van der Waals surface area contributed by atoms with Crippen LogP contribution in [0, 0.1) is 0 Å². The quantitative estimate of drug-likeness (QED) is 0.627. The molecule has 0 radical (unpaired) electrons. The Morgan fingerprint density at radius 2 is 2.06 bits per heavy atom. The first-order chi connectivity index (χ1) is 15.2. The molecule has 3 aromatic rings. The van der Waals surface area contributed by atoms with E-state index in [9.17, 15) is 9.59 Å². The number of imidazole rings is 1. The number of hydrogen-bond acceptors (Lipinski definition) is 4. The minimum atomic E-state index is -0.108. The molecule has 1 aromatic carbocycles. The maximum absolute atomic E-state index is 13.2. The van der Waals surface area contributed by atoms with Gasteiger partial charge in [-0.15, -0.1) is 11.3 Å². The summed E-state index contributed by atoms with van der Waals surface area (Å²) in [6.07, 6.45) is 6.70. The lowest BCUT2D eigenvalue weighted by atomic mass is 9.94. The number of aromatic nitrogens is 2. The lowest BCUT2D eigenvalue weighted by molar-refractivity contribution is 0.0566. The fourth-order valence-electron chi connectivity index (χ4n) is 4.94. The van der Waals surface area contributed by atoms with Crippen molar-refractivity contribution < 1.29 is 9.59 Å². The summed E-state index contributed by atoms with van der Waals surface area (Å²) in [5.41, 5.74) is 2.22. The standard InChI is InChI=1S/C24H28N4O2S/c1-2-18(21-9-6-14-31-21)26-23(29)16-10-11-20-19(15-16)25-22-24(30)27(12-13-28(20)22)17-7-4-3-5-8-17/h6,9-11,14-15,17-18H,2-5,7-8,12-13H2,1H3,(H,26,29). The SMILES string of the molecule is CCC(NC(=O)c1ccc2c(c1)nc1n2CCN(C2CCCCC2)C1=O)c1cccs1. The lowest BCUT2D eigenvalue weighted by Crippen LogP contribution is -2.47. The summed E-state index contributed by atoms with van der Waals surface area (Å²) in [5.74, 6) is 0.432. The first-order valence-electron chi connectivity index (χ1n) is 11.3. The Morgan fingerprint density at radius 3 is 2.81 bits per heavy atom. The molecular formula is C24H28N4O2S. The van der Waals surface area contributed by atoms with Crippen molar-refractivity contribution in [2.75, 3.05) is 6.54 Å². The van der Waals surface area contributed by atoms with Gasteiger partial charge in [0.05, 0.1) is 17.1 Å². The number of nitrogens with one attached hydrogen (secondary N) is 1. The third kappa shape index (κ3) is 3.76. The lowest BCUT2D eigenvalue weighted by Gasteiger charge is -2.36. The Bertz CT molecular complexity index is 1100. The van der Waals surface area contributed by atoms with Crippen molar-refractivity contribution in [3.63, 3.8) is 0 Å². The third-order valence-corrected chi connectivity index (χ3v) is 7.63. The Labute approximate surface area is 186 Å². The molecule has 1 fully saturated rings. The highest BCUT2D eigenvalue weighted by Gasteiger charge is 2.33. The van der Waals surface area contributed by atoms with Gasteiger partial charge in [0.15, 0.2) is 5.82 Å². The van der Waals surface area contributed by atoms with E-state index in [4.69, 9.17) is 0 Å². The van der Waals surface area contributed by atoms with Gasteiger partial charge in [0.1, 0.15) is 0 Å². The molecule has 1 atom stereocenters. The van der Waals surface area contributed by atoms with Gasteiger partial charge in [-0.2, -0.15) is 0 Å². The van der Waals surface area contributed by atoms with Crippen LogP contribution in [0.4, 0.5) is 0 Å². The molecule has 1 unspecified atom stereocenters. The molecule has 0 saturated heterocycles. The predicted octanol–water partition coefficient (Wildman–Crippen LogP) is 4.77. The monoisotopic (exact) mass is 436 g/mol. The van der Waals surface area contributed by atoms with E-state index in [1.54, 1.807) is 11.3 Å². The number of amides is 2. The third-order valence-electron chi connectivity index (χ3n) is 6.64. The summed E-state index contributed by atoms with van der Waals surface area (Å²) < 4.78 is 2.01. The fourth-order valence-corrected chi connectivity index (χ4v) is 5.81. The summed E-state index contributed by atoms with van der Waals surface area (Å²) in [4.78, 5) is 33.9. The maximum atomic E-state index is 13.2. The number of nitrogens with zero attached hydrogens (tertiary/aromatic N) is 3. The molecule has 1 aliphatic carbocycles. The predicted molar refractivity (Wildman–Crippen MR) is 122 cm³/mol. The molecule has 6 nitrogen and oxygen atoms in total. The van der Waals surface area contributed by atoms with Crippen LogP contribution < -0.4 is 5.32 Å². The van der Waals surface area contributed by atoms with Crippen molar-refractivity contribution >= 4 is 34.2 Å². The number of rotatable bonds is 5. The minimum absolute atomic E-state index is 0.00373. The summed E-state index contributed by atoms with van der Waals surface area (Å²) >= 11 is 1.65. The van der Waals surface area contributed by atoms with Crippen LogP contribution >= 0.6 is 11.3 Å². The Kier molecular flexibility index (Phi) is 5.52. The van der Waals surface area contributed by atoms with Gasteiger partial charge in [-0.1, -0.05) is 32.3 Å². The Morgan fingerprint density at radius 1 is 1.23 bits per heavy atom. The van der Waals surface area contributed by atoms with Crippen LogP contribution in [0.2, 0.25) is 0 Å². The van der Waals surface area contributed by atoms with E-state index in [2.05, 4.69) is 23.3 Å². The minimum Gasteiger partial charge on any atom is -0.344 e. The number of carbonyl (C=O) groups is 2. The van der Waals surface area contributed by atoms with Gasteiger partial charge >= 0.3 is 0 Å². The van der Waals surface area contributed by atoms with Crippen LogP contribution in [0.15, 0.2) is 35.7 Å². The zero-order valence-electron chi connectivity index (χ0n) is 17.8. The number of hydrogen-bond donors (Lipinski definition) is 1. The van der Waals surface area contributed by atoms with E-state index in [0.29, 0.717) is 22.9 Å². The number of carbonyl (C=O) groups excluding carboxylic acids is 2. The molecule has 3 heterocycles. The first-order valence-corrected chi connectivity index (χ1v) is 12.2.